The second kappa shape index (κ2) is 7.91. The van der Waals surface area contributed by atoms with E-state index in [-0.39, 0.29) is 5.91 Å². The number of nitrogens with zero attached hydrogens (tertiary/aromatic N) is 1. The van der Waals surface area contributed by atoms with Gasteiger partial charge in [0, 0.05) is 24.8 Å². The summed E-state index contributed by atoms with van der Waals surface area (Å²) < 4.78 is 5.70. The predicted molar refractivity (Wildman–Crippen MR) is 85.7 cm³/mol. The Bertz CT molecular complexity index is 454. The summed E-state index contributed by atoms with van der Waals surface area (Å²) >= 11 is 0. The molecule has 21 heavy (non-hydrogen) atoms. The smallest absolute Gasteiger partial charge is 0.241 e. The summed E-state index contributed by atoms with van der Waals surface area (Å²) in [7, 11) is 0. The average molecular weight is 290 g/mol. The molecule has 0 aromatic heterocycles. The molecule has 0 atom stereocenters. The fourth-order valence-corrected chi connectivity index (χ4v) is 2.39. The van der Waals surface area contributed by atoms with Crippen molar-refractivity contribution in [2.45, 2.75) is 33.1 Å². The van der Waals surface area contributed by atoms with E-state index >= 15 is 0 Å². The molecule has 1 fully saturated rings. The normalized spacial score (nSPS) is 15.1. The van der Waals surface area contributed by atoms with Gasteiger partial charge >= 0.3 is 0 Å². The Labute approximate surface area is 127 Å². The number of hydrogen-bond acceptors (Lipinski definition) is 3. The highest BCUT2D eigenvalue weighted by Gasteiger charge is 2.15. The minimum absolute atomic E-state index is 0.184. The van der Waals surface area contributed by atoms with E-state index in [0.717, 1.165) is 37.4 Å². The number of piperidine rings is 1. The van der Waals surface area contributed by atoms with Gasteiger partial charge in [0.05, 0.1) is 13.2 Å². The van der Waals surface area contributed by atoms with E-state index in [9.17, 15) is 4.79 Å². The van der Waals surface area contributed by atoms with Gasteiger partial charge in [-0.05, 0) is 37.3 Å². The third-order valence-corrected chi connectivity index (χ3v) is 3.57. The van der Waals surface area contributed by atoms with Crippen LogP contribution in [0.4, 0.5) is 5.69 Å². The largest absolute Gasteiger partial charge is 0.493 e. The fraction of sp³-hybridized carbons (Fsp3) is 0.588. The van der Waals surface area contributed by atoms with Crippen molar-refractivity contribution in [3.8, 4) is 5.75 Å². The number of anilines is 1. The summed E-state index contributed by atoms with van der Waals surface area (Å²) in [5, 5.41) is 3.20. The second-order valence-corrected chi connectivity index (χ2v) is 6.03. The first kappa shape index (κ1) is 15.7. The van der Waals surface area contributed by atoms with E-state index in [0.29, 0.717) is 19.1 Å². The number of nitrogens with one attached hydrogen (secondary N) is 1. The minimum Gasteiger partial charge on any atom is -0.493 e. The van der Waals surface area contributed by atoms with Crippen LogP contribution in [0.1, 0.15) is 33.1 Å². The first-order valence-corrected chi connectivity index (χ1v) is 7.89. The van der Waals surface area contributed by atoms with Gasteiger partial charge < -0.3 is 15.0 Å². The zero-order chi connectivity index (χ0) is 15.1. The number of carbonyl (C=O) groups is 1. The monoisotopic (exact) mass is 290 g/mol. The lowest BCUT2D eigenvalue weighted by Crippen LogP contribution is -2.39. The van der Waals surface area contributed by atoms with Crippen molar-refractivity contribution in [1.82, 2.24) is 4.90 Å². The molecule has 0 spiro atoms. The minimum atomic E-state index is 0.184. The molecular formula is C17H26N2O2. The quantitative estimate of drug-likeness (QED) is 0.875. The first-order valence-electron chi connectivity index (χ1n) is 7.89. The molecule has 116 valence electrons. The van der Waals surface area contributed by atoms with Crippen LogP contribution in [0, 0.1) is 5.92 Å². The maximum Gasteiger partial charge on any atom is 0.241 e. The molecule has 1 amide bonds. The zero-order valence-electron chi connectivity index (χ0n) is 13.1. The molecule has 1 heterocycles. The average Bonchev–Trinajstić information content (AvgIpc) is 2.52. The Kier molecular flexibility index (Phi) is 5.90. The van der Waals surface area contributed by atoms with Crippen LogP contribution in [0.2, 0.25) is 0 Å². The van der Waals surface area contributed by atoms with Gasteiger partial charge in [-0.3, -0.25) is 4.79 Å². The Morgan fingerprint density at radius 3 is 2.76 bits per heavy atom. The van der Waals surface area contributed by atoms with Crippen molar-refractivity contribution in [1.29, 1.82) is 0 Å². The number of ether oxygens (including phenoxy) is 1. The van der Waals surface area contributed by atoms with Crippen LogP contribution in [0.25, 0.3) is 0 Å². The highest BCUT2D eigenvalue weighted by Crippen LogP contribution is 2.18. The Balaban J connectivity index is 1.82. The summed E-state index contributed by atoms with van der Waals surface area (Å²) in [6, 6.07) is 7.81. The number of amides is 1. The van der Waals surface area contributed by atoms with E-state index in [1.165, 1.54) is 6.42 Å². The molecule has 2 rings (SSSR count). The standard InChI is InChI=1S/C17H26N2O2/c1-14(2)13-21-16-8-6-7-15(11-16)18-12-17(20)19-9-4-3-5-10-19/h6-8,11,14,18H,3-5,9-10,12-13H2,1-2H3. The summed E-state index contributed by atoms with van der Waals surface area (Å²) in [4.78, 5) is 14.1. The van der Waals surface area contributed by atoms with Gasteiger partial charge in [-0.25, -0.2) is 0 Å². The molecule has 1 aliphatic heterocycles. The molecule has 0 aliphatic carbocycles. The summed E-state index contributed by atoms with van der Waals surface area (Å²) in [5.74, 6) is 1.53. The molecule has 1 saturated heterocycles. The van der Waals surface area contributed by atoms with Gasteiger partial charge in [0.2, 0.25) is 5.91 Å². The van der Waals surface area contributed by atoms with Crippen molar-refractivity contribution in [2.24, 2.45) is 5.92 Å². The van der Waals surface area contributed by atoms with Gasteiger partial charge in [-0.15, -0.1) is 0 Å². The third-order valence-electron chi connectivity index (χ3n) is 3.57. The Morgan fingerprint density at radius 1 is 1.29 bits per heavy atom. The molecule has 0 saturated carbocycles. The summed E-state index contributed by atoms with van der Waals surface area (Å²) in [5.41, 5.74) is 0.932. The van der Waals surface area contributed by atoms with Crippen LogP contribution in [-0.2, 0) is 4.79 Å². The van der Waals surface area contributed by atoms with Crippen molar-refractivity contribution in [3.05, 3.63) is 24.3 Å². The highest BCUT2D eigenvalue weighted by atomic mass is 16.5. The molecule has 1 aromatic carbocycles. The molecule has 1 aromatic rings. The van der Waals surface area contributed by atoms with Crippen LogP contribution in [0.5, 0.6) is 5.75 Å². The van der Waals surface area contributed by atoms with Crippen molar-refractivity contribution >= 4 is 11.6 Å². The Hall–Kier alpha value is -1.71. The van der Waals surface area contributed by atoms with Gasteiger partial charge in [-0.2, -0.15) is 0 Å². The predicted octanol–water partition coefficient (Wildman–Crippen LogP) is 3.15. The summed E-state index contributed by atoms with van der Waals surface area (Å²) in [6.07, 6.45) is 3.50. The number of hydrogen-bond donors (Lipinski definition) is 1. The van der Waals surface area contributed by atoms with Crippen molar-refractivity contribution in [2.75, 3.05) is 31.6 Å². The molecule has 1 N–H and O–H groups in total. The van der Waals surface area contributed by atoms with Gasteiger partial charge in [0.15, 0.2) is 0 Å². The third kappa shape index (κ3) is 5.29. The number of likely N-dealkylation sites (tertiary alicyclic amines) is 1. The molecule has 0 bridgehead atoms. The van der Waals surface area contributed by atoms with E-state index in [2.05, 4.69) is 19.2 Å². The molecule has 0 radical (unpaired) electrons. The van der Waals surface area contributed by atoms with E-state index in [1.807, 2.05) is 29.2 Å². The fourth-order valence-electron chi connectivity index (χ4n) is 2.39. The Morgan fingerprint density at radius 2 is 2.05 bits per heavy atom. The maximum absolute atomic E-state index is 12.1. The van der Waals surface area contributed by atoms with E-state index < -0.39 is 0 Å². The zero-order valence-corrected chi connectivity index (χ0v) is 13.1. The van der Waals surface area contributed by atoms with Crippen LogP contribution in [-0.4, -0.2) is 37.0 Å². The van der Waals surface area contributed by atoms with Crippen LogP contribution < -0.4 is 10.1 Å². The lowest BCUT2D eigenvalue weighted by Gasteiger charge is -2.26. The van der Waals surface area contributed by atoms with Crippen LogP contribution in [0.15, 0.2) is 24.3 Å². The number of carbonyl (C=O) groups excluding carboxylic acids is 1. The first-order chi connectivity index (χ1) is 10.1. The molecular weight excluding hydrogens is 264 g/mol. The summed E-state index contributed by atoms with van der Waals surface area (Å²) in [6.45, 7) is 7.11. The van der Waals surface area contributed by atoms with Gasteiger partial charge in [0.1, 0.15) is 5.75 Å². The highest BCUT2D eigenvalue weighted by molar-refractivity contribution is 5.81. The molecule has 1 aliphatic rings. The van der Waals surface area contributed by atoms with Crippen molar-refractivity contribution in [3.63, 3.8) is 0 Å². The molecule has 0 unspecified atom stereocenters. The second-order valence-electron chi connectivity index (χ2n) is 6.03. The van der Waals surface area contributed by atoms with Crippen LogP contribution in [0.3, 0.4) is 0 Å². The number of benzene rings is 1. The van der Waals surface area contributed by atoms with E-state index in [1.54, 1.807) is 0 Å². The van der Waals surface area contributed by atoms with E-state index in [4.69, 9.17) is 4.74 Å². The topological polar surface area (TPSA) is 41.6 Å². The lowest BCUT2D eigenvalue weighted by molar-refractivity contribution is -0.130. The lowest BCUT2D eigenvalue weighted by atomic mass is 10.1. The van der Waals surface area contributed by atoms with Crippen molar-refractivity contribution < 1.29 is 9.53 Å². The van der Waals surface area contributed by atoms with Gasteiger partial charge in [0.25, 0.3) is 0 Å². The molecule has 4 heteroatoms. The maximum atomic E-state index is 12.1. The number of rotatable bonds is 6. The van der Waals surface area contributed by atoms with Gasteiger partial charge in [-0.1, -0.05) is 19.9 Å². The molecule has 4 nitrogen and oxygen atoms in total. The van der Waals surface area contributed by atoms with Crippen LogP contribution >= 0.6 is 0 Å². The SMILES string of the molecule is CC(C)COc1cccc(NCC(=O)N2CCCCC2)c1.